The Bertz CT molecular complexity index is 437. The molecule has 0 fully saturated rings. The highest BCUT2D eigenvalue weighted by Crippen LogP contribution is 2.14. The molecule has 0 spiro atoms. The Morgan fingerprint density at radius 2 is 1.80 bits per heavy atom. The van der Waals surface area contributed by atoms with E-state index >= 15 is 0 Å². The van der Waals surface area contributed by atoms with Crippen molar-refractivity contribution in [3.8, 4) is 0 Å². The van der Waals surface area contributed by atoms with Crippen molar-refractivity contribution in [1.82, 2.24) is 14.7 Å². The van der Waals surface area contributed by atoms with Crippen LogP contribution in [0.25, 0.3) is 0 Å². The van der Waals surface area contributed by atoms with E-state index in [0.29, 0.717) is 32.0 Å². The minimum Gasteiger partial charge on any atom is -0.396 e. The maximum atomic E-state index is 12.3. The number of anilines is 1. The molecule has 0 aliphatic rings. The van der Waals surface area contributed by atoms with Gasteiger partial charge >= 0.3 is 0 Å². The summed E-state index contributed by atoms with van der Waals surface area (Å²) in [4.78, 5) is 14.0. The quantitative estimate of drug-likeness (QED) is 0.737. The van der Waals surface area contributed by atoms with Crippen molar-refractivity contribution >= 4 is 11.6 Å². The van der Waals surface area contributed by atoms with Gasteiger partial charge in [-0.2, -0.15) is 5.10 Å². The van der Waals surface area contributed by atoms with Gasteiger partial charge in [-0.3, -0.25) is 9.48 Å². The maximum Gasteiger partial charge on any atom is 0.244 e. The van der Waals surface area contributed by atoms with Crippen LogP contribution in [-0.4, -0.2) is 61.1 Å². The number of nitrogen functional groups attached to an aromatic ring is 1. The van der Waals surface area contributed by atoms with E-state index in [0.717, 1.165) is 11.4 Å². The number of rotatable bonds is 8. The van der Waals surface area contributed by atoms with Crippen molar-refractivity contribution < 1.29 is 14.3 Å². The summed E-state index contributed by atoms with van der Waals surface area (Å²) in [6.07, 6.45) is 0. The predicted molar refractivity (Wildman–Crippen MR) is 76.4 cm³/mol. The summed E-state index contributed by atoms with van der Waals surface area (Å²) in [7, 11) is 3.22. The average Bonchev–Trinajstić information content (AvgIpc) is 2.66. The summed E-state index contributed by atoms with van der Waals surface area (Å²) < 4.78 is 11.7. The van der Waals surface area contributed by atoms with Gasteiger partial charge in [0, 0.05) is 27.3 Å². The lowest BCUT2D eigenvalue weighted by Crippen LogP contribution is -2.38. The molecule has 0 aliphatic heterocycles. The van der Waals surface area contributed by atoms with Gasteiger partial charge < -0.3 is 20.1 Å². The molecule has 0 bridgehead atoms. The van der Waals surface area contributed by atoms with Crippen LogP contribution in [0, 0.1) is 13.8 Å². The van der Waals surface area contributed by atoms with Crippen LogP contribution in [0.4, 0.5) is 5.69 Å². The van der Waals surface area contributed by atoms with E-state index in [9.17, 15) is 4.79 Å². The second-order valence-corrected chi connectivity index (χ2v) is 4.61. The molecule has 114 valence electrons. The standard InChI is InChI=1S/C13H24N4O3/c1-10-13(14)11(2)17(15-10)9-12(18)16(5-7-19-3)6-8-20-4/h5-9,14H2,1-4H3. The summed E-state index contributed by atoms with van der Waals surface area (Å²) >= 11 is 0. The van der Waals surface area contributed by atoms with E-state index in [4.69, 9.17) is 15.2 Å². The maximum absolute atomic E-state index is 12.3. The van der Waals surface area contributed by atoms with E-state index < -0.39 is 0 Å². The Labute approximate surface area is 119 Å². The first-order valence-corrected chi connectivity index (χ1v) is 6.56. The van der Waals surface area contributed by atoms with Crippen LogP contribution in [0.15, 0.2) is 0 Å². The highest BCUT2D eigenvalue weighted by Gasteiger charge is 2.16. The molecule has 1 amide bonds. The number of carbonyl (C=O) groups is 1. The topological polar surface area (TPSA) is 82.6 Å². The van der Waals surface area contributed by atoms with Crippen LogP contribution in [0.3, 0.4) is 0 Å². The third-order valence-electron chi connectivity index (χ3n) is 3.21. The molecule has 0 atom stereocenters. The van der Waals surface area contributed by atoms with Gasteiger partial charge in [-0.15, -0.1) is 0 Å². The minimum absolute atomic E-state index is 0.0234. The number of aryl methyl sites for hydroxylation is 1. The third-order valence-corrected chi connectivity index (χ3v) is 3.21. The molecule has 1 aromatic rings. The van der Waals surface area contributed by atoms with E-state index in [1.165, 1.54) is 0 Å². The van der Waals surface area contributed by atoms with Crippen LogP contribution in [0.2, 0.25) is 0 Å². The Hall–Kier alpha value is -1.60. The first-order valence-electron chi connectivity index (χ1n) is 6.56. The van der Waals surface area contributed by atoms with Crippen molar-refractivity contribution in [2.75, 3.05) is 46.3 Å². The van der Waals surface area contributed by atoms with Crippen LogP contribution in [-0.2, 0) is 20.8 Å². The predicted octanol–water partition coefficient (Wildman–Crippen LogP) is 0.204. The van der Waals surface area contributed by atoms with Crippen molar-refractivity contribution in [3.05, 3.63) is 11.4 Å². The van der Waals surface area contributed by atoms with Crippen LogP contribution in [0.1, 0.15) is 11.4 Å². The van der Waals surface area contributed by atoms with Crippen molar-refractivity contribution in [3.63, 3.8) is 0 Å². The van der Waals surface area contributed by atoms with E-state index in [1.54, 1.807) is 23.8 Å². The Morgan fingerprint density at radius 1 is 1.25 bits per heavy atom. The molecule has 1 heterocycles. The summed E-state index contributed by atoms with van der Waals surface area (Å²) in [5.74, 6) is -0.0234. The van der Waals surface area contributed by atoms with Gasteiger partial charge in [0.2, 0.25) is 5.91 Å². The van der Waals surface area contributed by atoms with Gasteiger partial charge in [-0.25, -0.2) is 0 Å². The van der Waals surface area contributed by atoms with Gasteiger partial charge in [0.1, 0.15) is 6.54 Å². The largest absolute Gasteiger partial charge is 0.396 e. The van der Waals surface area contributed by atoms with Gasteiger partial charge in [-0.1, -0.05) is 0 Å². The normalized spacial score (nSPS) is 10.8. The van der Waals surface area contributed by atoms with E-state index in [-0.39, 0.29) is 12.5 Å². The van der Waals surface area contributed by atoms with E-state index in [2.05, 4.69) is 5.10 Å². The smallest absolute Gasteiger partial charge is 0.244 e. The number of ether oxygens (including phenoxy) is 2. The Morgan fingerprint density at radius 3 is 2.20 bits per heavy atom. The molecular formula is C13H24N4O3. The summed E-state index contributed by atoms with van der Waals surface area (Å²) in [5, 5.41) is 4.27. The molecule has 0 saturated carbocycles. The van der Waals surface area contributed by atoms with E-state index in [1.807, 2.05) is 13.8 Å². The second kappa shape index (κ2) is 7.86. The monoisotopic (exact) mass is 284 g/mol. The molecule has 7 heteroatoms. The number of nitrogens with two attached hydrogens (primary N) is 1. The molecule has 1 aromatic heterocycles. The minimum atomic E-state index is -0.0234. The molecule has 0 radical (unpaired) electrons. The van der Waals surface area contributed by atoms with Gasteiger partial charge in [0.25, 0.3) is 0 Å². The first-order chi connectivity index (χ1) is 9.51. The summed E-state index contributed by atoms with van der Waals surface area (Å²) in [6, 6.07) is 0. The molecule has 20 heavy (non-hydrogen) atoms. The van der Waals surface area contributed by atoms with Crippen molar-refractivity contribution in [2.24, 2.45) is 0 Å². The molecule has 2 N–H and O–H groups in total. The lowest BCUT2D eigenvalue weighted by molar-refractivity contribution is -0.133. The van der Waals surface area contributed by atoms with Gasteiger partial charge in [0.15, 0.2) is 0 Å². The molecule has 0 aromatic carbocycles. The third kappa shape index (κ3) is 4.21. The van der Waals surface area contributed by atoms with Crippen molar-refractivity contribution in [1.29, 1.82) is 0 Å². The second-order valence-electron chi connectivity index (χ2n) is 4.61. The number of methoxy groups -OCH3 is 2. The van der Waals surface area contributed by atoms with Crippen LogP contribution in [0.5, 0.6) is 0 Å². The number of aromatic nitrogens is 2. The fourth-order valence-corrected chi connectivity index (χ4v) is 1.86. The van der Waals surface area contributed by atoms with Gasteiger partial charge in [-0.05, 0) is 13.8 Å². The SMILES string of the molecule is COCCN(CCOC)C(=O)Cn1nc(C)c(N)c1C. The number of carbonyl (C=O) groups excluding carboxylic acids is 1. The zero-order valence-corrected chi connectivity index (χ0v) is 12.7. The molecule has 0 unspecified atom stereocenters. The first kappa shape index (κ1) is 16.5. The molecule has 1 rings (SSSR count). The number of hydrogen-bond acceptors (Lipinski definition) is 5. The lowest BCUT2D eigenvalue weighted by atomic mass is 10.3. The van der Waals surface area contributed by atoms with Crippen molar-refractivity contribution in [2.45, 2.75) is 20.4 Å². The summed E-state index contributed by atoms with van der Waals surface area (Å²) in [5.41, 5.74) is 8.06. The number of hydrogen-bond donors (Lipinski definition) is 1. The fraction of sp³-hybridized carbons (Fsp3) is 0.692. The van der Waals surface area contributed by atoms with Crippen LogP contribution >= 0.6 is 0 Å². The lowest BCUT2D eigenvalue weighted by Gasteiger charge is -2.22. The average molecular weight is 284 g/mol. The van der Waals surface area contributed by atoms with Gasteiger partial charge in [0.05, 0.1) is 30.3 Å². The molecule has 0 aliphatic carbocycles. The molecule has 7 nitrogen and oxygen atoms in total. The summed E-state index contributed by atoms with van der Waals surface area (Å²) in [6.45, 7) is 5.93. The fourth-order valence-electron chi connectivity index (χ4n) is 1.86. The zero-order valence-electron chi connectivity index (χ0n) is 12.7. The zero-order chi connectivity index (χ0) is 15.1. The highest BCUT2D eigenvalue weighted by molar-refractivity contribution is 5.76. The number of nitrogens with zero attached hydrogens (tertiary/aromatic N) is 3. The molecular weight excluding hydrogens is 260 g/mol. The Balaban J connectivity index is 2.70. The number of amides is 1. The molecule has 0 saturated heterocycles. The van der Waals surface area contributed by atoms with Crippen LogP contribution < -0.4 is 5.73 Å². The highest BCUT2D eigenvalue weighted by atomic mass is 16.5. The Kier molecular flexibility index (Phi) is 6.47.